The van der Waals surface area contributed by atoms with Crippen LogP contribution in [0.1, 0.15) is 21.5 Å². The van der Waals surface area contributed by atoms with E-state index in [9.17, 15) is 9.59 Å². The number of hydrazone groups is 1. The number of rotatable bonds is 5. The Morgan fingerprint density at radius 2 is 1.88 bits per heavy atom. The van der Waals surface area contributed by atoms with Crippen LogP contribution in [0.25, 0.3) is 0 Å². The SMILES string of the molecule is O=C(N/N=C\c1ccncc1)c1cccn(Cc2ccc(Cl)cc2)c1=O. The van der Waals surface area contributed by atoms with Crippen LogP contribution in [0.2, 0.25) is 5.02 Å². The van der Waals surface area contributed by atoms with Gasteiger partial charge in [0.1, 0.15) is 5.56 Å². The number of carbonyl (C=O) groups excluding carboxylic acids is 1. The molecule has 0 radical (unpaired) electrons. The van der Waals surface area contributed by atoms with Crippen molar-refractivity contribution < 1.29 is 4.79 Å². The molecule has 0 spiro atoms. The Kier molecular flexibility index (Phi) is 5.56. The highest BCUT2D eigenvalue weighted by atomic mass is 35.5. The molecule has 0 bridgehead atoms. The molecule has 0 aliphatic heterocycles. The molecule has 0 aliphatic carbocycles. The van der Waals surface area contributed by atoms with E-state index in [0.717, 1.165) is 11.1 Å². The fraction of sp³-hybridized carbons (Fsp3) is 0.0526. The topological polar surface area (TPSA) is 76.3 Å². The second kappa shape index (κ2) is 8.22. The molecular formula is C19H15ClN4O2. The van der Waals surface area contributed by atoms with Gasteiger partial charge >= 0.3 is 0 Å². The van der Waals surface area contributed by atoms with E-state index in [1.165, 1.54) is 16.8 Å². The molecule has 3 rings (SSSR count). The van der Waals surface area contributed by atoms with Crippen molar-refractivity contribution in [3.8, 4) is 0 Å². The van der Waals surface area contributed by atoms with E-state index in [4.69, 9.17) is 11.6 Å². The number of carbonyl (C=O) groups is 1. The smallest absolute Gasteiger partial charge is 0.276 e. The molecule has 1 amide bonds. The molecule has 0 fully saturated rings. The molecule has 0 saturated heterocycles. The first-order valence-corrected chi connectivity index (χ1v) is 8.18. The van der Waals surface area contributed by atoms with Gasteiger partial charge in [0, 0.05) is 23.6 Å². The summed E-state index contributed by atoms with van der Waals surface area (Å²) >= 11 is 5.87. The Morgan fingerprint density at radius 3 is 2.62 bits per heavy atom. The third-order valence-electron chi connectivity index (χ3n) is 3.62. The average Bonchev–Trinajstić information content (AvgIpc) is 2.66. The quantitative estimate of drug-likeness (QED) is 0.557. The van der Waals surface area contributed by atoms with E-state index in [-0.39, 0.29) is 11.1 Å². The summed E-state index contributed by atoms with van der Waals surface area (Å²) in [5.41, 5.74) is 3.69. The summed E-state index contributed by atoms with van der Waals surface area (Å²) in [6.07, 6.45) is 6.36. The molecule has 6 nitrogen and oxygen atoms in total. The van der Waals surface area contributed by atoms with Gasteiger partial charge in [-0.3, -0.25) is 14.6 Å². The highest BCUT2D eigenvalue weighted by Crippen LogP contribution is 2.10. The van der Waals surface area contributed by atoms with Crippen molar-refractivity contribution in [2.45, 2.75) is 6.54 Å². The average molecular weight is 367 g/mol. The molecule has 0 aliphatic rings. The van der Waals surface area contributed by atoms with E-state index < -0.39 is 5.91 Å². The number of amides is 1. The number of hydrogen-bond acceptors (Lipinski definition) is 4. The predicted octanol–water partition coefficient (Wildman–Crippen LogP) is 2.71. The first-order valence-electron chi connectivity index (χ1n) is 7.81. The lowest BCUT2D eigenvalue weighted by atomic mass is 10.2. The zero-order valence-electron chi connectivity index (χ0n) is 13.7. The van der Waals surface area contributed by atoms with Crippen molar-refractivity contribution in [1.82, 2.24) is 15.0 Å². The molecule has 2 aromatic heterocycles. The molecule has 130 valence electrons. The summed E-state index contributed by atoms with van der Waals surface area (Å²) < 4.78 is 1.46. The fourth-order valence-electron chi connectivity index (χ4n) is 2.30. The van der Waals surface area contributed by atoms with Crippen LogP contribution in [0.3, 0.4) is 0 Å². The third-order valence-corrected chi connectivity index (χ3v) is 3.87. The lowest BCUT2D eigenvalue weighted by molar-refractivity contribution is 0.0953. The molecule has 2 heterocycles. The maximum atomic E-state index is 12.5. The molecule has 26 heavy (non-hydrogen) atoms. The minimum absolute atomic E-state index is 0.0216. The van der Waals surface area contributed by atoms with Crippen molar-refractivity contribution in [2.24, 2.45) is 5.10 Å². The van der Waals surface area contributed by atoms with Crippen LogP contribution in [0.5, 0.6) is 0 Å². The fourth-order valence-corrected chi connectivity index (χ4v) is 2.42. The van der Waals surface area contributed by atoms with Gasteiger partial charge in [0.15, 0.2) is 0 Å². The molecule has 0 saturated carbocycles. The summed E-state index contributed by atoms with van der Waals surface area (Å²) in [6, 6.07) is 13.8. The van der Waals surface area contributed by atoms with Crippen molar-refractivity contribution in [3.05, 3.63) is 99.2 Å². The van der Waals surface area contributed by atoms with Crippen LogP contribution >= 0.6 is 11.6 Å². The molecular weight excluding hydrogens is 352 g/mol. The minimum atomic E-state index is -0.564. The maximum absolute atomic E-state index is 12.5. The number of aromatic nitrogens is 2. The number of hydrogen-bond donors (Lipinski definition) is 1. The van der Waals surface area contributed by atoms with Crippen LogP contribution in [-0.2, 0) is 6.54 Å². The number of benzene rings is 1. The van der Waals surface area contributed by atoms with Gasteiger partial charge in [0.05, 0.1) is 12.8 Å². The number of nitrogens with one attached hydrogen (secondary N) is 1. The molecule has 1 N–H and O–H groups in total. The van der Waals surface area contributed by atoms with Gasteiger partial charge in [-0.25, -0.2) is 5.43 Å². The monoisotopic (exact) mass is 366 g/mol. The van der Waals surface area contributed by atoms with E-state index in [2.05, 4.69) is 15.5 Å². The van der Waals surface area contributed by atoms with Crippen molar-refractivity contribution in [1.29, 1.82) is 0 Å². The summed E-state index contributed by atoms with van der Waals surface area (Å²) in [5, 5.41) is 4.49. The van der Waals surface area contributed by atoms with Crippen molar-refractivity contribution in [3.63, 3.8) is 0 Å². The summed E-state index contributed by atoms with van der Waals surface area (Å²) in [5.74, 6) is -0.564. The number of halogens is 1. The maximum Gasteiger partial charge on any atom is 0.276 e. The highest BCUT2D eigenvalue weighted by molar-refractivity contribution is 6.30. The predicted molar refractivity (Wildman–Crippen MR) is 101 cm³/mol. The van der Waals surface area contributed by atoms with Crippen LogP contribution in [-0.4, -0.2) is 21.7 Å². The van der Waals surface area contributed by atoms with Crippen LogP contribution in [0.4, 0.5) is 0 Å². The molecule has 7 heteroatoms. The van der Waals surface area contributed by atoms with Gasteiger partial charge in [0.25, 0.3) is 11.5 Å². The zero-order valence-corrected chi connectivity index (χ0v) is 14.4. The highest BCUT2D eigenvalue weighted by Gasteiger charge is 2.11. The first-order chi connectivity index (χ1) is 12.6. The second-order valence-electron chi connectivity index (χ2n) is 5.46. The number of pyridine rings is 2. The van der Waals surface area contributed by atoms with E-state index in [1.807, 2.05) is 12.1 Å². The van der Waals surface area contributed by atoms with Crippen molar-refractivity contribution >= 4 is 23.7 Å². The van der Waals surface area contributed by atoms with Gasteiger partial charge in [-0.05, 0) is 47.5 Å². The Bertz CT molecular complexity index is 982. The minimum Gasteiger partial charge on any atom is -0.310 e. The third kappa shape index (κ3) is 4.43. The largest absolute Gasteiger partial charge is 0.310 e. The normalized spacial score (nSPS) is 10.8. The lowest BCUT2D eigenvalue weighted by Crippen LogP contribution is -2.30. The van der Waals surface area contributed by atoms with Crippen LogP contribution < -0.4 is 11.0 Å². The van der Waals surface area contributed by atoms with Gasteiger partial charge < -0.3 is 4.57 Å². The summed E-state index contributed by atoms with van der Waals surface area (Å²) in [6.45, 7) is 0.345. The van der Waals surface area contributed by atoms with Crippen LogP contribution in [0, 0.1) is 0 Å². The molecule has 3 aromatic rings. The Labute approximate surface area is 154 Å². The Hall–Kier alpha value is -3.25. The zero-order chi connectivity index (χ0) is 18.4. The van der Waals surface area contributed by atoms with Gasteiger partial charge in [-0.15, -0.1) is 0 Å². The molecule has 1 aromatic carbocycles. The van der Waals surface area contributed by atoms with Crippen molar-refractivity contribution in [2.75, 3.05) is 0 Å². The van der Waals surface area contributed by atoms with Gasteiger partial charge in [-0.1, -0.05) is 23.7 Å². The second-order valence-corrected chi connectivity index (χ2v) is 5.90. The van der Waals surface area contributed by atoms with Crippen LogP contribution in [0.15, 0.2) is 77.0 Å². The first kappa shape index (κ1) is 17.6. The summed E-state index contributed by atoms with van der Waals surface area (Å²) in [7, 11) is 0. The van der Waals surface area contributed by atoms with E-state index in [0.29, 0.717) is 11.6 Å². The van der Waals surface area contributed by atoms with Gasteiger partial charge in [0.2, 0.25) is 0 Å². The molecule has 0 unspecified atom stereocenters. The van der Waals surface area contributed by atoms with Gasteiger partial charge in [-0.2, -0.15) is 5.10 Å². The Balaban J connectivity index is 1.73. The lowest BCUT2D eigenvalue weighted by Gasteiger charge is -2.08. The molecule has 0 atom stereocenters. The standard InChI is InChI=1S/C19H15ClN4O2/c20-16-5-3-15(4-6-16)13-24-11-1-2-17(19(24)26)18(25)23-22-12-14-7-9-21-10-8-14/h1-12H,13H2,(H,23,25)/b22-12-. The summed E-state index contributed by atoms with van der Waals surface area (Å²) in [4.78, 5) is 28.7. The number of nitrogens with zero attached hydrogens (tertiary/aromatic N) is 3. The Morgan fingerprint density at radius 1 is 1.15 bits per heavy atom. The van der Waals surface area contributed by atoms with E-state index in [1.54, 1.807) is 48.9 Å². The van der Waals surface area contributed by atoms with E-state index >= 15 is 0 Å².